The molecule has 0 saturated heterocycles. The molecular formula is C18H21NO4. The molecule has 0 spiro atoms. The Morgan fingerprint density at radius 1 is 1.04 bits per heavy atom. The van der Waals surface area contributed by atoms with Crippen LogP contribution in [0.25, 0.3) is 0 Å². The van der Waals surface area contributed by atoms with Crippen LogP contribution in [0.4, 0.5) is 4.79 Å². The maximum Gasteiger partial charge on any atom is 0.407 e. The monoisotopic (exact) mass is 315 g/mol. The standard InChI is InChI=1S/C18H21NO4/c20-12-16(9-6-14-7-10-17(21)11-8-14)19-18(22)23-13-15-4-2-1-3-5-15/h1-5,7-8,10-11,16,20-21H,6,9,12-13H2,(H,19,22)/t16-/m0/s1. The first-order valence-corrected chi connectivity index (χ1v) is 7.53. The van der Waals surface area contributed by atoms with Gasteiger partial charge in [-0.2, -0.15) is 0 Å². The lowest BCUT2D eigenvalue weighted by atomic mass is 10.1. The number of hydrogen-bond donors (Lipinski definition) is 3. The van der Waals surface area contributed by atoms with Crippen molar-refractivity contribution in [3.8, 4) is 5.75 Å². The number of rotatable bonds is 7. The highest BCUT2D eigenvalue weighted by Gasteiger charge is 2.12. The highest BCUT2D eigenvalue weighted by molar-refractivity contribution is 5.67. The zero-order valence-corrected chi connectivity index (χ0v) is 12.8. The summed E-state index contributed by atoms with van der Waals surface area (Å²) in [6.45, 7) is 0.0430. The van der Waals surface area contributed by atoms with E-state index in [4.69, 9.17) is 4.74 Å². The SMILES string of the molecule is O=C(N[C@H](CO)CCc1ccc(O)cc1)OCc1ccccc1. The van der Waals surface area contributed by atoms with E-state index in [0.717, 1.165) is 11.1 Å². The van der Waals surface area contributed by atoms with Crippen molar-refractivity contribution in [2.75, 3.05) is 6.61 Å². The number of ether oxygens (including phenoxy) is 1. The summed E-state index contributed by atoms with van der Waals surface area (Å²) >= 11 is 0. The van der Waals surface area contributed by atoms with Crippen LogP contribution in [-0.4, -0.2) is 29.0 Å². The van der Waals surface area contributed by atoms with Gasteiger partial charge in [-0.15, -0.1) is 0 Å². The number of aromatic hydroxyl groups is 1. The van der Waals surface area contributed by atoms with Crippen molar-refractivity contribution in [2.24, 2.45) is 0 Å². The molecule has 0 bridgehead atoms. The van der Waals surface area contributed by atoms with Crippen LogP contribution in [0.5, 0.6) is 5.75 Å². The molecule has 0 aliphatic carbocycles. The molecule has 0 saturated carbocycles. The van der Waals surface area contributed by atoms with E-state index >= 15 is 0 Å². The van der Waals surface area contributed by atoms with Crippen LogP contribution in [-0.2, 0) is 17.8 Å². The second-order valence-electron chi connectivity index (χ2n) is 5.29. The molecule has 23 heavy (non-hydrogen) atoms. The summed E-state index contributed by atoms with van der Waals surface area (Å²) in [5.41, 5.74) is 1.94. The van der Waals surface area contributed by atoms with Gasteiger partial charge in [0.25, 0.3) is 0 Å². The number of carbonyl (C=O) groups excluding carboxylic acids is 1. The normalized spacial score (nSPS) is 11.7. The summed E-state index contributed by atoms with van der Waals surface area (Å²) in [5, 5.41) is 21.3. The molecule has 0 aliphatic heterocycles. The smallest absolute Gasteiger partial charge is 0.407 e. The number of nitrogens with one attached hydrogen (secondary N) is 1. The highest BCUT2D eigenvalue weighted by atomic mass is 16.5. The average Bonchev–Trinajstić information content (AvgIpc) is 2.59. The Morgan fingerprint density at radius 3 is 2.39 bits per heavy atom. The number of aliphatic hydroxyl groups excluding tert-OH is 1. The Bertz CT molecular complexity index is 598. The minimum Gasteiger partial charge on any atom is -0.508 e. The van der Waals surface area contributed by atoms with Crippen LogP contribution < -0.4 is 5.32 Å². The molecule has 3 N–H and O–H groups in total. The van der Waals surface area contributed by atoms with E-state index in [2.05, 4.69) is 5.32 Å². The second-order valence-corrected chi connectivity index (χ2v) is 5.29. The highest BCUT2D eigenvalue weighted by Crippen LogP contribution is 2.12. The van der Waals surface area contributed by atoms with Gasteiger partial charge in [-0.05, 0) is 36.1 Å². The largest absolute Gasteiger partial charge is 0.508 e. The second kappa shape index (κ2) is 8.80. The van der Waals surface area contributed by atoms with E-state index < -0.39 is 6.09 Å². The summed E-state index contributed by atoms with van der Waals surface area (Å²) in [5.74, 6) is 0.218. The molecule has 122 valence electrons. The van der Waals surface area contributed by atoms with Crippen LogP contribution in [0.2, 0.25) is 0 Å². The summed E-state index contributed by atoms with van der Waals surface area (Å²) in [4.78, 5) is 11.8. The fourth-order valence-corrected chi connectivity index (χ4v) is 2.14. The van der Waals surface area contributed by atoms with Gasteiger partial charge in [0.05, 0.1) is 12.6 Å². The van der Waals surface area contributed by atoms with E-state index in [1.165, 1.54) is 0 Å². The average molecular weight is 315 g/mol. The minimum atomic E-state index is -0.543. The van der Waals surface area contributed by atoms with Gasteiger partial charge in [0.1, 0.15) is 12.4 Å². The van der Waals surface area contributed by atoms with Gasteiger partial charge in [-0.3, -0.25) is 0 Å². The number of alkyl carbamates (subject to hydrolysis) is 1. The van der Waals surface area contributed by atoms with Crippen molar-refractivity contribution >= 4 is 6.09 Å². The number of aliphatic hydroxyl groups is 1. The zero-order chi connectivity index (χ0) is 16.5. The van der Waals surface area contributed by atoms with E-state index in [-0.39, 0.29) is 25.0 Å². The molecule has 0 aromatic heterocycles. The van der Waals surface area contributed by atoms with E-state index in [9.17, 15) is 15.0 Å². The quantitative estimate of drug-likeness (QED) is 0.734. The molecule has 2 rings (SSSR count). The number of carbonyl (C=O) groups is 1. The molecule has 5 heteroatoms. The molecule has 2 aromatic carbocycles. The molecule has 0 radical (unpaired) electrons. The fourth-order valence-electron chi connectivity index (χ4n) is 2.14. The predicted molar refractivity (Wildman–Crippen MR) is 87.1 cm³/mol. The Kier molecular flexibility index (Phi) is 6.44. The lowest BCUT2D eigenvalue weighted by Gasteiger charge is -2.16. The molecule has 2 aromatic rings. The fraction of sp³-hybridized carbons (Fsp3) is 0.278. The Labute approximate surface area is 135 Å². The van der Waals surface area contributed by atoms with Gasteiger partial charge >= 0.3 is 6.09 Å². The zero-order valence-electron chi connectivity index (χ0n) is 12.8. The Hall–Kier alpha value is -2.53. The van der Waals surface area contributed by atoms with Crippen molar-refractivity contribution in [3.05, 3.63) is 65.7 Å². The maximum atomic E-state index is 11.8. The van der Waals surface area contributed by atoms with Crippen molar-refractivity contribution < 1.29 is 19.7 Å². The van der Waals surface area contributed by atoms with E-state index in [1.54, 1.807) is 12.1 Å². The van der Waals surface area contributed by atoms with Gasteiger partial charge in [0.2, 0.25) is 0 Å². The topological polar surface area (TPSA) is 78.8 Å². The third-order valence-corrected chi connectivity index (χ3v) is 3.47. The number of phenolic OH excluding ortho intramolecular Hbond substituents is 1. The van der Waals surface area contributed by atoms with Crippen LogP contribution in [0.1, 0.15) is 17.5 Å². The molecule has 0 unspecified atom stereocenters. The summed E-state index contributed by atoms with van der Waals surface area (Å²) in [6, 6.07) is 15.9. The van der Waals surface area contributed by atoms with Crippen molar-refractivity contribution in [2.45, 2.75) is 25.5 Å². The van der Waals surface area contributed by atoms with Crippen LogP contribution in [0.15, 0.2) is 54.6 Å². The van der Waals surface area contributed by atoms with Gasteiger partial charge < -0.3 is 20.3 Å². The lowest BCUT2D eigenvalue weighted by molar-refractivity contribution is 0.128. The third-order valence-electron chi connectivity index (χ3n) is 3.47. The molecule has 0 fully saturated rings. The first kappa shape index (κ1) is 16.8. The minimum absolute atomic E-state index is 0.154. The molecular weight excluding hydrogens is 294 g/mol. The van der Waals surface area contributed by atoms with Crippen LogP contribution in [0.3, 0.4) is 0 Å². The summed E-state index contributed by atoms with van der Waals surface area (Å²) in [6.07, 6.45) is 0.727. The molecule has 1 atom stereocenters. The van der Waals surface area contributed by atoms with Crippen LogP contribution >= 0.6 is 0 Å². The van der Waals surface area contributed by atoms with Crippen molar-refractivity contribution in [1.29, 1.82) is 0 Å². The van der Waals surface area contributed by atoms with Gasteiger partial charge in [0, 0.05) is 0 Å². The molecule has 1 amide bonds. The van der Waals surface area contributed by atoms with Crippen LogP contribution in [0, 0.1) is 0 Å². The summed E-state index contributed by atoms with van der Waals surface area (Å²) < 4.78 is 5.13. The van der Waals surface area contributed by atoms with Gasteiger partial charge in [0.15, 0.2) is 0 Å². The number of benzene rings is 2. The number of hydrogen-bond acceptors (Lipinski definition) is 4. The van der Waals surface area contributed by atoms with Crippen molar-refractivity contribution in [1.82, 2.24) is 5.32 Å². The molecule has 0 aliphatic rings. The third kappa shape index (κ3) is 6.00. The van der Waals surface area contributed by atoms with Crippen molar-refractivity contribution in [3.63, 3.8) is 0 Å². The predicted octanol–water partition coefficient (Wildman–Crippen LogP) is 2.61. The lowest BCUT2D eigenvalue weighted by Crippen LogP contribution is -2.38. The Balaban J connectivity index is 1.74. The maximum absolute atomic E-state index is 11.8. The van der Waals surface area contributed by atoms with E-state index in [0.29, 0.717) is 12.8 Å². The van der Waals surface area contributed by atoms with Gasteiger partial charge in [-0.25, -0.2) is 4.79 Å². The summed E-state index contributed by atoms with van der Waals surface area (Å²) in [7, 11) is 0. The number of amides is 1. The molecule has 5 nitrogen and oxygen atoms in total. The number of aryl methyl sites for hydroxylation is 1. The van der Waals surface area contributed by atoms with E-state index in [1.807, 2.05) is 42.5 Å². The van der Waals surface area contributed by atoms with Gasteiger partial charge in [-0.1, -0.05) is 42.5 Å². The Morgan fingerprint density at radius 2 is 1.74 bits per heavy atom. The first-order chi connectivity index (χ1) is 11.2. The molecule has 0 heterocycles. The first-order valence-electron chi connectivity index (χ1n) is 7.53. The number of phenols is 1.